The van der Waals surface area contributed by atoms with E-state index in [1.54, 1.807) is 11.0 Å². The predicted octanol–water partition coefficient (Wildman–Crippen LogP) is 6.14. The van der Waals surface area contributed by atoms with E-state index in [0.717, 1.165) is 56.9 Å². The SMILES string of the molecule is CC.CC.CC1c2cc(C(F)(F)F)ccc2CCN1C(=O)[C@H]1CCC(NC2CCOCC2)C1. The van der Waals surface area contributed by atoms with Gasteiger partial charge in [-0.15, -0.1) is 0 Å². The molecule has 1 aromatic carbocycles. The molecule has 4 rings (SSSR count). The molecule has 0 aromatic heterocycles. The van der Waals surface area contributed by atoms with Crippen LogP contribution in [0.25, 0.3) is 0 Å². The van der Waals surface area contributed by atoms with E-state index in [2.05, 4.69) is 5.32 Å². The number of alkyl halides is 3. The second-order valence-electron chi connectivity index (χ2n) is 8.63. The van der Waals surface area contributed by atoms with Crippen LogP contribution >= 0.6 is 0 Å². The Kier molecular flexibility index (Phi) is 10.7. The monoisotopic (exact) mass is 470 g/mol. The first-order valence-corrected chi connectivity index (χ1v) is 12.7. The Hall–Kier alpha value is -1.60. The number of hydrogen-bond acceptors (Lipinski definition) is 3. The molecule has 0 bridgehead atoms. The first kappa shape index (κ1) is 27.6. The molecule has 2 unspecified atom stereocenters. The van der Waals surface area contributed by atoms with Gasteiger partial charge >= 0.3 is 6.18 Å². The summed E-state index contributed by atoms with van der Waals surface area (Å²) in [5.41, 5.74) is 0.910. The van der Waals surface area contributed by atoms with Gasteiger partial charge in [-0.05, 0) is 68.7 Å². The summed E-state index contributed by atoms with van der Waals surface area (Å²) in [6.45, 7) is 12.0. The van der Waals surface area contributed by atoms with Gasteiger partial charge in [0.25, 0.3) is 0 Å². The first-order chi connectivity index (χ1) is 15.8. The maximum Gasteiger partial charge on any atom is 0.416 e. The number of hydrogen-bond donors (Lipinski definition) is 1. The number of rotatable bonds is 3. The van der Waals surface area contributed by atoms with Gasteiger partial charge in [0.05, 0.1) is 11.6 Å². The van der Waals surface area contributed by atoms with Crippen LogP contribution in [0.1, 0.15) is 89.5 Å². The number of benzene rings is 1. The van der Waals surface area contributed by atoms with Crippen molar-refractivity contribution in [3.05, 3.63) is 34.9 Å². The lowest BCUT2D eigenvalue weighted by Gasteiger charge is -2.37. The number of nitrogens with one attached hydrogen (secondary N) is 1. The fraction of sp³-hybridized carbons (Fsp3) is 0.731. The highest BCUT2D eigenvalue weighted by Crippen LogP contribution is 2.38. The molecule has 188 valence electrons. The summed E-state index contributed by atoms with van der Waals surface area (Å²) in [5.74, 6) is 0.0546. The smallest absolute Gasteiger partial charge is 0.381 e. The fourth-order valence-electron chi connectivity index (χ4n) is 5.08. The van der Waals surface area contributed by atoms with Gasteiger partial charge in [-0.25, -0.2) is 0 Å². The van der Waals surface area contributed by atoms with E-state index >= 15 is 0 Å². The highest BCUT2D eigenvalue weighted by atomic mass is 19.4. The van der Waals surface area contributed by atoms with Crippen LogP contribution in [0.2, 0.25) is 0 Å². The van der Waals surface area contributed by atoms with Gasteiger partial charge in [0.15, 0.2) is 0 Å². The van der Waals surface area contributed by atoms with E-state index in [0.29, 0.717) is 30.6 Å². The average Bonchev–Trinajstić information content (AvgIpc) is 3.30. The van der Waals surface area contributed by atoms with Crippen LogP contribution in [0.5, 0.6) is 0 Å². The van der Waals surface area contributed by atoms with Crippen molar-refractivity contribution < 1.29 is 22.7 Å². The number of carbonyl (C=O) groups excluding carboxylic acids is 1. The summed E-state index contributed by atoms with van der Waals surface area (Å²) < 4.78 is 44.8. The summed E-state index contributed by atoms with van der Waals surface area (Å²) in [7, 11) is 0. The third-order valence-corrected chi connectivity index (χ3v) is 6.77. The van der Waals surface area contributed by atoms with E-state index < -0.39 is 11.7 Å². The van der Waals surface area contributed by atoms with Crippen LogP contribution in [0.15, 0.2) is 18.2 Å². The molecule has 1 N–H and O–H groups in total. The third kappa shape index (κ3) is 6.95. The Morgan fingerprint density at radius 3 is 2.33 bits per heavy atom. The van der Waals surface area contributed by atoms with Gasteiger partial charge in [0, 0.05) is 37.8 Å². The Balaban J connectivity index is 0.000000914. The molecular formula is C26H41F3N2O2. The van der Waals surface area contributed by atoms with Crippen LogP contribution in [0.3, 0.4) is 0 Å². The van der Waals surface area contributed by atoms with Crippen LogP contribution in [0, 0.1) is 5.92 Å². The maximum atomic E-state index is 13.2. The molecule has 2 fully saturated rings. The molecule has 2 aliphatic heterocycles. The number of amides is 1. The van der Waals surface area contributed by atoms with Crippen molar-refractivity contribution in [2.24, 2.45) is 5.92 Å². The van der Waals surface area contributed by atoms with Crippen LogP contribution in [0.4, 0.5) is 13.2 Å². The molecule has 33 heavy (non-hydrogen) atoms. The molecule has 1 aliphatic carbocycles. The van der Waals surface area contributed by atoms with Gasteiger partial charge < -0.3 is 15.0 Å². The maximum absolute atomic E-state index is 13.2. The van der Waals surface area contributed by atoms with E-state index in [-0.39, 0.29) is 17.9 Å². The van der Waals surface area contributed by atoms with E-state index in [4.69, 9.17) is 4.74 Å². The first-order valence-electron chi connectivity index (χ1n) is 12.7. The molecule has 0 spiro atoms. The van der Waals surface area contributed by atoms with Gasteiger partial charge in [-0.1, -0.05) is 33.8 Å². The fourth-order valence-corrected chi connectivity index (χ4v) is 5.08. The molecule has 4 nitrogen and oxygen atoms in total. The lowest BCUT2D eigenvalue weighted by atomic mass is 9.90. The van der Waals surface area contributed by atoms with Crippen molar-refractivity contribution >= 4 is 5.91 Å². The standard InChI is InChI=1S/C22H29F3N2O2.2C2H6/c1-14-20-13-17(22(23,24)25)4-2-15(20)6-9-27(14)21(28)16-3-5-19(12-16)26-18-7-10-29-11-8-18;2*1-2/h2,4,13-14,16,18-19,26H,3,5-12H2,1H3;2*1-2H3/t14?,16-,19?;;/m0../s1. The molecule has 7 heteroatoms. The van der Waals surface area contributed by atoms with Crippen molar-refractivity contribution in [2.75, 3.05) is 19.8 Å². The van der Waals surface area contributed by atoms with Gasteiger partial charge in [0.1, 0.15) is 0 Å². The summed E-state index contributed by atoms with van der Waals surface area (Å²) in [6, 6.07) is 4.42. The van der Waals surface area contributed by atoms with Crippen molar-refractivity contribution in [1.82, 2.24) is 10.2 Å². The number of ether oxygens (including phenoxy) is 1. The van der Waals surface area contributed by atoms with E-state index in [9.17, 15) is 18.0 Å². The van der Waals surface area contributed by atoms with Gasteiger partial charge in [0.2, 0.25) is 5.91 Å². The summed E-state index contributed by atoms with van der Waals surface area (Å²) in [5, 5.41) is 3.68. The van der Waals surface area contributed by atoms with Gasteiger partial charge in [-0.2, -0.15) is 13.2 Å². The second-order valence-corrected chi connectivity index (χ2v) is 8.63. The zero-order valence-electron chi connectivity index (χ0n) is 20.8. The summed E-state index contributed by atoms with van der Waals surface area (Å²) in [6.07, 6.45) is 0.904. The molecule has 1 aromatic rings. The largest absolute Gasteiger partial charge is 0.416 e. The second kappa shape index (κ2) is 12.7. The number of halogens is 3. The van der Waals surface area contributed by atoms with Crippen molar-refractivity contribution in [2.45, 2.75) is 97.4 Å². The number of fused-ring (bicyclic) bond motifs is 1. The van der Waals surface area contributed by atoms with Crippen molar-refractivity contribution in [3.8, 4) is 0 Å². The van der Waals surface area contributed by atoms with Crippen LogP contribution < -0.4 is 5.32 Å². The zero-order chi connectivity index (χ0) is 24.6. The third-order valence-electron chi connectivity index (χ3n) is 6.77. The van der Waals surface area contributed by atoms with Crippen LogP contribution in [-0.2, 0) is 22.1 Å². The highest BCUT2D eigenvalue weighted by molar-refractivity contribution is 5.80. The Morgan fingerprint density at radius 1 is 1.03 bits per heavy atom. The van der Waals surface area contributed by atoms with E-state index in [1.807, 2.05) is 34.6 Å². The van der Waals surface area contributed by atoms with Crippen molar-refractivity contribution in [3.63, 3.8) is 0 Å². The lowest BCUT2D eigenvalue weighted by molar-refractivity contribution is -0.138. The molecule has 3 atom stereocenters. The average molecular weight is 471 g/mol. The minimum absolute atomic E-state index is 0.0397. The molecule has 2 heterocycles. The van der Waals surface area contributed by atoms with E-state index in [1.165, 1.54) is 6.07 Å². The Bertz CT molecular complexity index is 748. The van der Waals surface area contributed by atoms with Crippen molar-refractivity contribution in [1.29, 1.82) is 0 Å². The quantitative estimate of drug-likeness (QED) is 0.577. The summed E-state index contributed by atoms with van der Waals surface area (Å²) in [4.78, 5) is 15.0. The lowest BCUT2D eigenvalue weighted by Crippen LogP contribution is -2.43. The molecule has 1 saturated heterocycles. The molecule has 3 aliphatic rings. The zero-order valence-corrected chi connectivity index (χ0v) is 20.8. The van der Waals surface area contributed by atoms with Gasteiger partial charge in [-0.3, -0.25) is 4.79 Å². The topological polar surface area (TPSA) is 41.6 Å². The Labute approximate surface area is 197 Å². The number of nitrogens with zero attached hydrogens (tertiary/aromatic N) is 1. The van der Waals surface area contributed by atoms with Crippen LogP contribution in [-0.4, -0.2) is 42.6 Å². The normalized spacial score (nSPS) is 25.3. The molecule has 1 amide bonds. The minimum Gasteiger partial charge on any atom is -0.381 e. The molecule has 1 saturated carbocycles. The number of carbonyl (C=O) groups is 1. The molecular weight excluding hydrogens is 429 g/mol. The predicted molar refractivity (Wildman–Crippen MR) is 126 cm³/mol. The highest BCUT2D eigenvalue weighted by Gasteiger charge is 2.38. The molecule has 0 radical (unpaired) electrons. The minimum atomic E-state index is -4.37. The Morgan fingerprint density at radius 2 is 1.70 bits per heavy atom. The summed E-state index contributed by atoms with van der Waals surface area (Å²) >= 11 is 0.